The molecule has 0 unspecified atom stereocenters. The molecule has 1 aromatic carbocycles. The lowest BCUT2D eigenvalue weighted by atomic mass is 9.88. The highest BCUT2D eigenvalue weighted by Crippen LogP contribution is 2.26. The number of benzene rings is 1. The molecule has 1 fully saturated rings. The van der Waals surface area contributed by atoms with E-state index in [0.29, 0.717) is 6.04 Å². The Kier molecular flexibility index (Phi) is 5.72. The molecular formula is C20H28N2O2. The van der Waals surface area contributed by atoms with Crippen molar-refractivity contribution >= 4 is 0 Å². The predicted molar refractivity (Wildman–Crippen MR) is 95.9 cm³/mol. The molecule has 24 heavy (non-hydrogen) atoms. The molecule has 130 valence electrons. The molecule has 1 aliphatic rings. The second-order valence-electron chi connectivity index (χ2n) is 6.79. The van der Waals surface area contributed by atoms with Gasteiger partial charge in [-0.2, -0.15) is 0 Å². The van der Waals surface area contributed by atoms with Crippen LogP contribution in [0.3, 0.4) is 0 Å². The fourth-order valence-corrected chi connectivity index (χ4v) is 3.41. The molecule has 0 amide bonds. The molecular weight excluding hydrogens is 300 g/mol. The molecule has 2 heterocycles. The molecule has 0 radical (unpaired) electrons. The van der Waals surface area contributed by atoms with Gasteiger partial charge in [-0.1, -0.05) is 30.3 Å². The molecule has 4 heteroatoms. The molecule has 0 saturated carbocycles. The maximum absolute atomic E-state index is 5.60. The summed E-state index contributed by atoms with van der Waals surface area (Å²) in [5.74, 6) is 0.980. The van der Waals surface area contributed by atoms with Gasteiger partial charge in [-0.25, -0.2) is 0 Å². The van der Waals surface area contributed by atoms with Crippen molar-refractivity contribution in [3.63, 3.8) is 0 Å². The molecule has 3 rings (SSSR count). The zero-order valence-electron chi connectivity index (χ0n) is 14.6. The number of rotatable bonds is 7. The molecule has 2 N–H and O–H groups in total. The molecule has 1 aromatic heterocycles. The van der Waals surface area contributed by atoms with Crippen LogP contribution < -0.4 is 10.6 Å². The molecule has 2 aromatic rings. The van der Waals surface area contributed by atoms with Gasteiger partial charge in [0.1, 0.15) is 5.76 Å². The van der Waals surface area contributed by atoms with E-state index in [4.69, 9.17) is 9.15 Å². The number of nitrogens with one attached hydrogen (secondary N) is 2. The van der Waals surface area contributed by atoms with Crippen LogP contribution in [0.5, 0.6) is 0 Å². The summed E-state index contributed by atoms with van der Waals surface area (Å²) in [5, 5.41) is 7.52. The van der Waals surface area contributed by atoms with Crippen molar-refractivity contribution in [3.05, 3.63) is 60.1 Å². The van der Waals surface area contributed by atoms with E-state index in [1.54, 1.807) is 6.26 Å². The maximum atomic E-state index is 5.60. The van der Waals surface area contributed by atoms with Crippen LogP contribution in [-0.4, -0.2) is 25.3 Å². The topological polar surface area (TPSA) is 46.4 Å². The Morgan fingerprint density at radius 1 is 1.00 bits per heavy atom. The smallest absolute Gasteiger partial charge is 0.120 e. The average molecular weight is 328 g/mol. The summed E-state index contributed by atoms with van der Waals surface area (Å²) >= 11 is 0. The zero-order valence-corrected chi connectivity index (χ0v) is 14.6. The van der Waals surface area contributed by atoms with Crippen LogP contribution in [0.25, 0.3) is 0 Å². The Labute approximate surface area is 144 Å². The summed E-state index contributed by atoms with van der Waals surface area (Å²) in [7, 11) is 0. The first-order valence-electron chi connectivity index (χ1n) is 8.86. The largest absolute Gasteiger partial charge is 0.468 e. The second-order valence-corrected chi connectivity index (χ2v) is 6.79. The molecule has 0 bridgehead atoms. The quantitative estimate of drug-likeness (QED) is 0.811. The fraction of sp³-hybridized carbons (Fsp3) is 0.500. The summed E-state index contributed by atoms with van der Waals surface area (Å²) < 4.78 is 11.1. The number of hydrogen-bond acceptors (Lipinski definition) is 4. The summed E-state index contributed by atoms with van der Waals surface area (Å²) in [4.78, 5) is 0. The zero-order chi connectivity index (χ0) is 16.8. The van der Waals surface area contributed by atoms with Gasteiger partial charge in [0.05, 0.1) is 12.3 Å². The van der Waals surface area contributed by atoms with Gasteiger partial charge in [0.15, 0.2) is 0 Å². The van der Waals surface area contributed by atoms with Crippen molar-refractivity contribution < 1.29 is 9.15 Å². The lowest BCUT2D eigenvalue weighted by Crippen LogP contribution is -2.56. The van der Waals surface area contributed by atoms with Crippen LogP contribution in [0.4, 0.5) is 0 Å². The van der Waals surface area contributed by atoms with Crippen LogP contribution in [-0.2, 0) is 4.74 Å². The Hall–Kier alpha value is -1.62. The van der Waals surface area contributed by atoms with E-state index in [9.17, 15) is 0 Å². The summed E-state index contributed by atoms with van der Waals surface area (Å²) in [6.45, 7) is 6.90. The molecule has 0 spiro atoms. The lowest BCUT2D eigenvalue weighted by molar-refractivity contribution is 0.0326. The third kappa shape index (κ3) is 4.26. The molecule has 1 aliphatic heterocycles. The highest BCUT2D eigenvalue weighted by Gasteiger charge is 2.34. The lowest BCUT2D eigenvalue weighted by Gasteiger charge is -2.41. The van der Waals surface area contributed by atoms with Crippen molar-refractivity contribution in [3.8, 4) is 0 Å². The van der Waals surface area contributed by atoms with Crippen LogP contribution in [0.2, 0.25) is 0 Å². The molecule has 0 aliphatic carbocycles. The van der Waals surface area contributed by atoms with E-state index in [2.05, 4.69) is 54.8 Å². The van der Waals surface area contributed by atoms with E-state index in [-0.39, 0.29) is 11.6 Å². The van der Waals surface area contributed by atoms with Crippen LogP contribution >= 0.6 is 0 Å². The SMILES string of the molecule is C[C@@H](NC1(CN[C@H](C)c2ccco2)CCOCC1)c1ccccc1. The Morgan fingerprint density at radius 3 is 2.42 bits per heavy atom. The molecule has 2 atom stereocenters. The fourth-order valence-electron chi connectivity index (χ4n) is 3.41. The first-order valence-corrected chi connectivity index (χ1v) is 8.86. The van der Waals surface area contributed by atoms with Crippen molar-refractivity contribution in [1.29, 1.82) is 0 Å². The monoisotopic (exact) mass is 328 g/mol. The second kappa shape index (κ2) is 7.97. The predicted octanol–water partition coefficient (Wildman–Crippen LogP) is 3.83. The highest BCUT2D eigenvalue weighted by molar-refractivity contribution is 5.19. The van der Waals surface area contributed by atoms with E-state index in [1.807, 2.05) is 12.1 Å². The van der Waals surface area contributed by atoms with Crippen LogP contribution in [0, 0.1) is 0 Å². The standard InChI is InChI=1S/C20H28N2O2/c1-16(18-7-4-3-5-8-18)22-20(10-13-23-14-11-20)15-21-17(2)19-9-6-12-24-19/h3-9,12,16-17,21-22H,10-11,13-15H2,1-2H3/t16-,17-/m1/s1. The van der Waals surface area contributed by atoms with Gasteiger partial charge in [-0.3, -0.25) is 0 Å². The number of ether oxygens (including phenoxy) is 1. The minimum absolute atomic E-state index is 0.0500. The average Bonchev–Trinajstić information content (AvgIpc) is 3.16. The number of furan rings is 1. The first kappa shape index (κ1) is 17.2. The minimum Gasteiger partial charge on any atom is -0.468 e. The van der Waals surface area contributed by atoms with Gasteiger partial charge in [-0.15, -0.1) is 0 Å². The van der Waals surface area contributed by atoms with Gasteiger partial charge in [0.25, 0.3) is 0 Å². The summed E-state index contributed by atoms with van der Waals surface area (Å²) in [6, 6.07) is 15.1. The third-order valence-electron chi connectivity index (χ3n) is 4.99. The van der Waals surface area contributed by atoms with E-state index in [1.165, 1.54) is 5.56 Å². The van der Waals surface area contributed by atoms with Crippen molar-refractivity contribution in [2.45, 2.75) is 44.3 Å². The van der Waals surface area contributed by atoms with E-state index >= 15 is 0 Å². The van der Waals surface area contributed by atoms with Crippen molar-refractivity contribution in [2.24, 2.45) is 0 Å². The number of hydrogen-bond donors (Lipinski definition) is 2. The van der Waals surface area contributed by atoms with Gasteiger partial charge in [0.2, 0.25) is 0 Å². The van der Waals surface area contributed by atoms with E-state index in [0.717, 1.165) is 38.4 Å². The van der Waals surface area contributed by atoms with Gasteiger partial charge in [0, 0.05) is 31.3 Å². The Balaban J connectivity index is 1.65. The Morgan fingerprint density at radius 2 is 1.75 bits per heavy atom. The van der Waals surface area contributed by atoms with Gasteiger partial charge >= 0.3 is 0 Å². The van der Waals surface area contributed by atoms with Crippen molar-refractivity contribution in [1.82, 2.24) is 10.6 Å². The van der Waals surface area contributed by atoms with Crippen molar-refractivity contribution in [2.75, 3.05) is 19.8 Å². The Bertz CT molecular complexity index is 591. The van der Waals surface area contributed by atoms with Crippen LogP contribution in [0.1, 0.15) is 50.1 Å². The summed E-state index contributed by atoms with van der Waals surface area (Å²) in [6.07, 6.45) is 3.76. The van der Waals surface area contributed by atoms with Gasteiger partial charge in [-0.05, 0) is 44.4 Å². The summed E-state index contributed by atoms with van der Waals surface area (Å²) in [5.41, 5.74) is 1.37. The third-order valence-corrected chi connectivity index (χ3v) is 4.99. The molecule has 4 nitrogen and oxygen atoms in total. The van der Waals surface area contributed by atoms with Gasteiger partial charge < -0.3 is 19.8 Å². The minimum atomic E-state index is 0.0500. The van der Waals surface area contributed by atoms with Crippen LogP contribution in [0.15, 0.2) is 53.1 Å². The normalized spacial score (nSPS) is 19.8. The van der Waals surface area contributed by atoms with E-state index < -0.39 is 0 Å². The first-order chi connectivity index (χ1) is 11.7. The molecule has 1 saturated heterocycles. The maximum Gasteiger partial charge on any atom is 0.120 e. The highest BCUT2D eigenvalue weighted by atomic mass is 16.5.